The fourth-order valence-electron chi connectivity index (χ4n) is 3.19. The van der Waals surface area contributed by atoms with Gasteiger partial charge >= 0.3 is 0 Å². The Balaban J connectivity index is 1.32. The van der Waals surface area contributed by atoms with Gasteiger partial charge in [0.2, 0.25) is 11.8 Å². The highest BCUT2D eigenvalue weighted by Crippen LogP contribution is 2.17. The lowest BCUT2D eigenvalue weighted by atomic mass is 10.2. The average molecular weight is 368 g/mol. The maximum absolute atomic E-state index is 12.8. The number of nitrogens with zero attached hydrogens (tertiary/aromatic N) is 4. The number of carbonyl (C=O) groups excluding carboxylic acids is 2. The molecule has 0 radical (unpaired) electrons. The zero-order valence-corrected chi connectivity index (χ0v) is 14.9. The number of aromatic amines is 1. The molecule has 2 amide bonds. The van der Waals surface area contributed by atoms with Gasteiger partial charge in [-0.3, -0.25) is 24.9 Å². The van der Waals surface area contributed by atoms with E-state index in [-0.39, 0.29) is 18.4 Å². The molecule has 3 aromatic rings. The number of fused-ring (bicyclic) bond motifs is 1. The van der Waals surface area contributed by atoms with Crippen molar-refractivity contribution in [2.75, 3.05) is 38.0 Å². The number of H-pyrrole nitrogens is 1. The summed E-state index contributed by atoms with van der Waals surface area (Å²) in [7, 11) is 0. The Morgan fingerprint density at radius 3 is 2.74 bits per heavy atom. The van der Waals surface area contributed by atoms with Crippen LogP contribution in [0.15, 0.2) is 34.9 Å². The Morgan fingerprint density at radius 1 is 1.22 bits per heavy atom. The molecule has 1 fully saturated rings. The molecule has 0 saturated carbocycles. The smallest absolute Gasteiger partial charge is 0.275 e. The summed E-state index contributed by atoms with van der Waals surface area (Å²) in [4.78, 5) is 28.7. The number of carbonyl (C=O) groups is 2. The third-order valence-corrected chi connectivity index (χ3v) is 4.59. The quantitative estimate of drug-likeness (QED) is 0.718. The van der Waals surface area contributed by atoms with Gasteiger partial charge in [-0.15, -0.1) is 0 Å². The number of amides is 2. The van der Waals surface area contributed by atoms with Gasteiger partial charge < -0.3 is 9.42 Å². The van der Waals surface area contributed by atoms with Gasteiger partial charge in [0, 0.05) is 37.6 Å². The molecule has 27 heavy (non-hydrogen) atoms. The predicted octanol–water partition coefficient (Wildman–Crippen LogP) is 1.26. The molecule has 9 nitrogen and oxygen atoms in total. The molecule has 0 spiro atoms. The van der Waals surface area contributed by atoms with Crippen LogP contribution in [0.2, 0.25) is 0 Å². The monoisotopic (exact) mass is 368 g/mol. The van der Waals surface area contributed by atoms with Crippen LogP contribution in [-0.4, -0.2) is 69.7 Å². The van der Waals surface area contributed by atoms with Gasteiger partial charge in [-0.25, -0.2) is 0 Å². The van der Waals surface area contributed by atoms with Crippen molar-refractivity contribution >= 4 is 28.6 Å². The van der Waals surface area contributed by atoms with Crippen LogP contribution in [0.5, 0.6) is 0 Å². The van der Waals surface area contributed by atoms with Crippen molar-refractivity contribution in [3.63, 3.8) is 0 Å². The Hall–Kier alpha value is -3.20. The minimum Gasteiger partial charge on any atom is -0.338 e. The minimum atomic E-state index is -0.163. The van der Waals surface area contributed by atoms with Crippen molar-refractivity contribution < 1.29 is 14.1 Å². The number of benzene rings is 1. The van der Waals surface area contributed by atoms with Gasteiger partial charge in [0.15, 0.2) is 5.69 Å². The van der Waals surface area contributed by atoms with E-state index >= 15 is 0 Å². The van der Waals surface area contributed by atoms with Crippen molar-refractivity contribution in [1.29, 1.82) is 0 Å². The lowest BCUT2D eigenvalue weighted by Crippen LogP contribution is -2.50. The van der Waals surface area contributed by atoms with E-state index < -0.39 is 0 Å². The van der Waals surface area contributed by atoms with Crippen molar-refractivity contribution in [1.82, 2.24) is 25.2 Å². The van der Waals surface area contributed by atoms with Crippen LogP contribution in [0.3, 0.4) is 0 Å². The van der Waals surface area contributed by atoms with Gasteiger partial charge in [0.05, 0.1) is 17.8 Å². The molecule has 4 rings (SSSR count). The summed E-state index contributed by atoms with van der Waals surface area (Å²) in [6, 6.07) is 9.24. The topological polar surface area (TPSA) is 107 Å². The van der Waals surface area contributed by atoms with Gasteiger partial charge in [0.1, 0.15) is 0 Å². The summed E-state index contributed by atoms with van der Waals surface area (Å²) in [6.07, 6.45) is 0. The number of aromatic nitrogens is 3. The molecule has 0 unspecified atom stereocenters. The highest BCUT2D eigenvalue weighted by atomic mass is 16.5. The Bertz CT molecular complexity index is 970. The number of rotatable bonds is 4. The molecule has 1 aliphatic rings. The van der Waals surface area contributed by atoms with E-state index in [1.807, 2.05) is 29.2 Å². The summed E-state index contributed by atoms with van der Waals surface area (Å²) >= 11 is 0. The standard InChI is InChI=1S/C18H20N6O3/c1-12-10-16(27-22-12)19-15(25)11-23-6-8-24(9-7-23)18(26)17-13-4-2-3-5-14(13)20-21-17/h2-5,10H,6-9,11H2,1H3,(H,19,25)(H,20,21). The van der Waals surface area contributed by atoms with E-state index in [1.54, 1.807) is 17.9 Å². The fraction of sp³-hybridized carbons (Fsp3) is 0.333. The number of anilines is 1. The molecule has 9 heteroatoms. The summed E-state index contributed by atoms with van der Waals surface area (Å²) in [5.41, 5.74) is 2.00. The first-order valence-corrected chi connectivity index (χ1v) is 8.78. The average Bonchev–Trinajstić information content (AvgIpc) is 3.28. The largest absolute Gasteiger partial charge is 0.338 e. The molecule has 1 aliphatic heterocycles. The predicted molar refractivity (Wildman–Crippen MR) is 98.3 cm³/mol. The van der Waals surface area contributed by atoms with Crippen LogP contribution < -0.4 is 5.32 Å². The molecule has 0 atom stereocenters. The lowest BCUT2D eigenvalue weighted by Gasteiger charge is -2.33. The van der Waals surface area contributed by atoms with E-state index in [9.17, 15) is 9.59 Å². The number of para-hydroxylation sites is 1. The summed E-state index contributed by atoms with van der Waals surface area (Å²) in [5.74, 6) is 0.0923. The first kappa shape index (κ1) is 17.2. The second kappa shape index (κ2) is 7.20. The van der Waals surface area contributed by atoms with Crippen LogP contribution in [0, 0.1) is 6.92 Å². The van der Waals surface area contributed by atoms with E-state index in [0.29, 0.717) is 43.5 Å². The Morgan fingerprint density at radius 2 is 2.00 bits per heavy atom. The van der Waals surface area contributed by atoms with E-state index in [0.717, 1.165) is 10.9 Å². The van der Waals surface area contributed by atoms with Crippen LogP contribution in [0.25, 0.3) is 10.9 Å². The molecule has 2 aromatic heterocycles. The molecule has 0 aliphatic carbocycles. The second-order valence-electron chi connectivity index (χ2n) is 6.57. The molecule has 2 N–H and O–H groups in total. The van der Waals surface area contributed by atoms with Crippen LogP contribution >= 0.6 is 0 Å². The lowest BCUT2D eigenvalue weighted by molar-refractivity contribution is -0.117. The molecule has 0 bridgehead atoms. The van der Waals surface area contributed by atoms with E-state index in [2.05, 4.69) is 20.7 Å². The first-order valence-electron chi connectivity index (χ1n) is 8.78. The first-order chi connectivity index (χ1) is 13.1. The SMILES string of the molecule is Cc1cc(NC(=O)CN2CCN(C(=O)c3n[nH]c4ccccc34)CC2)on1. The maximum atomic E-state index is 12.8. The number of nitrogens with one attached hydrogen (secondary N) is 2. The van der Waals surface area contributed by atoms with E-state index in [1.165, 1.54) is 0 Å². The number of piperazine rings is 1. The molecular formula is C18H20N6O3. The van der Waals surface area contributed by atoms with Gasteiger partial charge in [-0.1, -0.05) is 23.4 Å². The van der Waals surface area contributed by atoms with Crippen molar-refractivity contribution in [2.24, 2.45) is 0 Å². The zero-order chi connectivity index (χ0) is 18.8. The van der Waals surface area contributed by atoms with E-state index in [4.69, 9.17) is 4.52 Å². The van der Waals surface area contributed by atoms with Gasteiger partial charge in [-0.05, 0) is 13.0 Å². The number of hydrogen-bond acceptors (Lipinski definition) is 6. The Kier molecular flexibility index (Phi) is 4.59. The highest BCUT2D eigenvalue weighted by Gasteiger charge is 2.26. The molecule has 140 valence electrons. The van der Waals surface area contributed by atoms with Gasteiger partial charge in [0.25, 0.3) is 5.91 Å². The van der Waals surface area contributed by atoms with Crippen LogP contribution in [-0.2, 0) is 4.79 Å². The van der Waals surface area contributed by atoms with Crippen LogP contribution in [0.1, 0.15) is 16.2 Å². The molecular weight excluding hydrogens is 348 g/mol. The van der Waals surface area contributed by atoms with Gasteiger partial charge in [-0.2, -0.15) is 5.10 Å². The second-order valence-corrected chi connectivity index (χ2v) is 6.57. The molecule has 3 heterocycles. The summed E-state index contributed by atoms with van der Waals surface area (Å²) < 4.78 is 4.99. The molecule has 1 saturated heterocycles. The number of aryl methyl sites for hydroxylation is 1. The van der Waals surface area contributed by atoms with Crippen molar-refractivity contribution in [2.45, 2.75) is 6.92 Å². The number of hydrogen-bond donors (Lipinski definition) is 2. The zero-order valence-electron chi connectivity index (χ0n) is 14.9. The fourth-order valence-corrected chi connectivity index (χ4v) is 3.19. The molecule has 1 aromatic carbocycles. The highest BCUT2D eigenvalue weighted by molar-refractivity contribution is 6.04. The van der Waals surface area contributed by atoms with Crippen LogP contribution in [0.4, 0.5) is 5.88 Å². The third-order valence-electron chi connectivity index (χ3n) is 4.59. The summed E-state index contributed by atoms with van der Waals surface area (Å²) in [5, 5.41) is 14.3. The summed E-state index contributed by atoms with van der Waals surface area (Å²) in [6.45, 7) is 4.38. The normalized spacial score (nSPS) is 15.2. The Labute approximate surface area is 155 Å². The van der Waals surface area contributed by atoms with Crippen molar-refractivity contribution in [3.8, 4) is 0 Å². The third kappa shape index (κ3) is 3.68. The maximum Gasteiger partial charge on any atom is 0.275 e. The minimum absolute atomic E-state index is 0.0892. The van der Waals surface area contributed by atoms with Crippen molar-refractivity contribution in [3.05, 3.63) is 41.7 Å².